The topological polar surface area (TPSA) is 62.0 Å². The van der Waals surface area contributed by atoms with Crippen molar-refractivity contribution in [1.29, 1.82) is 0 Å². The summed E-state index contributed by atoms with van der Waals surface area (Å²) >= 11 is 0. The number of amides is 1. The first-order valence-electron chi connectivity index (χ1n) is 7.00. The van der Waals surface area contributed by atoms with Gasteiger partial charge in [-0.25, -0.2) is 0 Å². The first-order valence-corrected chi connectivity index (χ1v) is 7.00. The zero-order chi connectivity index (χ0) is 14.5. The van der Waals surface area contributed by atoms with E-state index >= 15 is 0 Å². The first-order chi connectivity index (χ1) is 9.61. The van der Waals surface area contributed by atoms with Crippen molar-refractivity contribution in [3.05, 3.63) is 45.7 Å². The van der Waals surface area contributed by atoms with Gasteiger partial charge >= 0.3 is 0 Å². The van der Waals surface area contributed by atoms with Gasteiger partial charge in [-0.2, -0.15) is 0 Å². The second-order valence-corrected chi connectivity index (χ2v) is 5.04. The number of nitrogens with one attached hydrogen (secondary N) is 2. The second kappa shape index (κ2) is 6.37. The highest BCUT2D eigenvalue weighted by Gasteiger charge is 2.06. The van der Waals surface area contributed by atoms with Crippen molar-refractivity contribution in [3.8, 4) is 0 Å². The molecule has 0 radical (unpaired) electrons. The zero-order valence-electron chi connectivity index (χ0n) is 12.0. The molecule has 2 N–H and O–H groups in total. The predicted octanol–water partition coefficient (Wildman–Crippen LogP) is 2.64. The third-order valence-corrected chi connectivity index (χ3v) is 3.40. The van der Waals surface area contributed by atoms with E-state index in [2.05, 4.69) is 10.3 Å². The standard InChI is InChI=1S/C16H20N2O2/c1-3-4-8-14(19)17-10-13-9-12-7-5-6-11(2)15(12)18-16(13)20/h5-7,9H,3-4,8,10H2,1-2H3,(H,17,19)(H,18,20). The molecule has 2 rings (SSSR count). The normalized spacial score (nSPS) is 10.7. The maximum atomic E-state index is 12.0. The van der Waals surface area contributed by atoms with Gasteiger partial charge in [0.05, 0.1) is 5.52 Å². The Kier molecular flexibility index (Phi) is 4.56. The third kappa shape index (κ3) is 3.26. The summed E-state index contributed by atoms with van der Waals surface area (Å²) in [6, 6.07) is 7.73. The average molecular weight is 272 g/mol. The average Bonchev–Trinajstić information content (AvgIpc) is 2.44. The van der Waals surface area contributed by atoms with Crippen LogP contribution in [0.15, 0.2) is 29.1 Å². The summed E-state index contributed by atoms with van der Waals surface area (Å²) in [7, 11) is 0. The summed E-state index contributed by atoms with van der Waals surface area (Å²) in [5, 5.41) is 3.78. The molecule has 0 bridgehead atoms. The molecule has 0 unspecified atom stereocenters. The van der Waals surface area contributed by atoms with Gasteiger partial charge in [0.15, 0.2) is 0 Å². The van der Waals surface area contributed by atoms with Crippen molar-refractivity contribution < 1.29 is 4.79 Å². The van der Waals surface area contributed by atoms with Crippen LogP contribution in [0, 0.1) is 6.92 Å². The number of aromatic nitrogens is 1. The fraction of sp³-hybridized carbons (Fsp3) is 0.375. The van der Waals surface area contributed by atoms with Crippen LogP contribution in [-0.2, 0) is 11.3 Å². The number of carbonyl (C=O) groups is 1. The summed E-state index contributed by atoms with van der Waals surface area (Å²) in [6.07, 6.45) is 2.38. The minimum absolute atomic E-state index is 0.00408. The molecule has 0 saturated carbocycles. The minimum atomic E-state index is -0.136. The van der Waals surface area contributed by atoms with Crippen LogP contribution >= 0.6 is 0 Å². The number of aromatic amines is 1. The molecule has 1 amide bonds. The lowest BCUT2D eigenvalue weighted by molar-refractivity contribution is -0.121. The van der Waals surface area contributed by atoms with Crippen LogP contribution in [-0.4, -0.2) is 10.9 Å². The Hall–Kier alpha value is -2.10. The van der Waals surface area contributed by atoms with E-state index in [1.807, 2.05) is 38.1 Å². The van der Waals surface area contributed by atoms with Crippen molar-refractivity contribution in [2.45, 2.75) is 39.7 Å². The zero-order valence-corrected chi connectivity index (χ0v) is 12.0. The molecule has 0 fully saturated rings. The van der Waals surface area contributed by atoms with E-state index in [9.17, 15) is 9.59 Å². The number of H-pyrrole nitrogens is 1. The molecule has 1 aromatic heterocycles. The van der Waals surface area contributed by atoms with Gasteiger partial charge in [-0.3, -0.25) is 9.59 Å². The summed E-state index contributed by atoms with van der Waals surface area (Å²) in [5.74, 6) is -0.00408. The van der Waals surface area contributed by atoms with Crippen LogP contribution in [0.1, 0.15) is 37.3 Å². The molecule has 1 heterocycles. The van der Waals surface area contributed by atoms with Gasteiger partial charge < -0.3 is 10.3 Å². The Bertz CT molecular complexity index is 674. The largest absolute Gasteiger partial charge is 0.352 e. The molecule has 0 aliphatic rings. The van der Waals surface area contributed by atoms with Gasteiger partial charge in [0.1, 0.15) is 0 Å². The summed E-state index contributed by atoms with van der Waals surface area (Å²) in [4.78, 5) is 26.5. The molecule has 4 nitrogen and oxygen atoms in total. The highest BCUT2D eigenvalue weighted by molar-refractivity contribution is 5.82. The van der Waals surface area contributed by atoms with E-state index in [1.165, 1.54) is 0 Å². The van der Waals surface area contributed by atoms with Gasteiger partial charge in [-0.1, -0.05) is 31.5 Å². The number of carbonyl (C=O) groups excluding carboxylic acids is 1. The molecular weight excluding hydrogens is 252 g/mol. The number of aryl methyl sites for hydroxylation is 1. The van der Waals surface area contributed by atoms with E-state index in [4.69, 9.17) is 0 Å². The second-order valence-electron chi connectivity index (χ2n) is 5.04. The van der Waals surface area contributed by atoms with Gasteiger partial charge in [0, 0.05) is 18.5 Å². The molecule has 1 aromatic carbocycles. The van der Waals surface area contributed by atoms with E-state index < -0.39 is 0 Å². The van der Waals surface area contributed by atoms with Crippen LogP contribution in [0.5, 0.6) is 0 Å². The van der Waals surface area contributed by atoms with Crippen molar-refractivity contribution in [1.82, 2.24) is 10.3 Å². The highest BCUT2D eigenvalue weighted by atomic mass is 16.1. The van der Waals surface area contributed by atoms with Gasteiger partial charge in [-0.15, -0.1) is 0 Å². The Labute approximate surface area is 118 Å². The van der Waals surface area contributed by atoms with Crippen LogP contribution in [0.4, 0.5) is 0 Å². The van der Waals surface area contributed by atoms with E-state index in [0.717, 1.165) is 29.3 Å². The molecule has 20 heavy (non-hydrogen) atoms. The maximum Gasteiger partial charge on any atom is 0.253 e. The number of fused-ring (bicyclic) bond motifs is 1. The van der Waals surface area contributed by atoms with Crippen molar-refractivity contribution >= 4 is 16.8 Å². The third-order valence-electron chi connectivity index (χ3n) is 3.40. The van der Waals surface area contributed by atoms with Crippen molar-refractivity contribution in [2.75, 3.05) is 0 Å². The lowest BCUT2D eigenvalue weighted by Crippen LogP contribution is -2.26. The Balaban J connectivity index is 2.17. The van der Waals surface area contributed by atoms with Gasteiger partial charge in [0.25, 0.3) is 5.56 Å². The number of hydrogen-bond acceptors (Lipinski definition) is 2. The summed E-state index contributed by atoms with van der Waals surface area (Å²) < 4.78 is 0. The Morgan fingerprint density at radius 2 is 2.15 bits per heavy atom. The Morgan fingerprint density at radius 3 is 2.90 bits per heavy atom. The monoisotopic (exact) mass is 272 g/mol. The maximum absolute atomic E-state index is 12.0. The smallest absolute Gasteiger partial charge is 0.253 e. The number of para-hydroxylation sites is 1. The molecule has 0 spiro atoms. The molecule has 0 aliphatic carbocycles. The summed E-state index contributed by atoms with van der Waals surface area (Å²) in [6.45, 7) is 4.29. The highest BCUT2D eigenvalue weighted by Crippen LogP contribution is 2.14. The summed E-state index contributed by atoms with van der Waals surface area (Å²) in [5.41, 5.74) is 2.35. The van der Waals surface area contributed by atoms with Crippen molar-refractivity contribution in [3.63, 3.8) is 0 Å². The Morgan fingerprint density at radius 1 is 1.35 bits per heavy atom. The molecule has 2 aromatic rings. The molecule has 0 saturated heterocycles. The van der Waals surface area contributed by atoms with Crippen LogP contribution < -0.4 is 10.9 Å². The number of hydrogen-bond donors (Lipinski definition) is 2. The van der Waals surface area contributed by atoms with Crippen molar-refractivity contribution in [2.24, 2.45) is 0 Å². The van der Waals surface area contributed by atoms with E-state index in [1.54, 1.807) is 0 Å². The SMILES string of the molecule is CCCCC(=O)NCc1cc2cccc(C)c2[nH]c1=O. The molecule has 4 heteroatoms. The first kappa shape index (κ1) is 14.3. The van der Waals surface area contributed by atoms with Gasteiger partial charge in [0.2, 0.25) is 5.91 Å². The fourth-order valence-corrected chi connectivity index (χ4v) is 2.18. The fourth-order valence-electron chi connectivity index (χ4n) is 2.18. The quantitative estimate of drug-likeness (QED) is 0.879. The molecule has 0 aliphatic heterocycles. The minimum Gasteiger partial charge on any atom is -0.352 e. The number of rotatable bonds is 5. The van der Waals surface area contributed by atoms with Crippen LogP contribution in [0.25, 0.3) is 10.9 Å². The molecule has 106 valence electrons. The van der Waals surface area contributed by atoms with Crippen LogP contribution in [0.3, 0.4) is 0 Å². The number of unbranched alkanes of at least 4 members (excludes halogenated alkanes) is 1. The molecule has 0 atom stereocenters. The molecular formula is C16H20N2O2. The van der Waals surface area contributed by atoms with E-state index in [-0.39, 0.29) is 18.0 Å². The number of benzene rings is 1. The number of pyridine rings is 1. The predicted molar refractivity (Wildman–Crippen MR) is 80.7 cm³/mol. The van der Waals surface area contributed by atoms with E-state index in [0.29, 0.717) is 12.0 Å². The lowest BCUT2D eigenvalue weighted by atomic mass is 10.1. The van der Waals surface area contributed by atoms with Gasteiger partial charge in [-0.05, 0) is 30.4 Å². The lowest BCUT2D eigenvalue weighted by Gasteiger charge is -2.07. The van der Waals surface area contributed by atoms with Crippen LogP contribution in [0.2, 0.25) is 0 Å².